The molecule has 1 heterocycles. The highest BCUT2D eigenvalue weighted by molar-refractivity contribution is 6.31. The SMILES string of the molecule is COc1cc2nc(Nc3cccc(Cl)c3F)ccc2cc1O. The number of ether oxygens (including phenoxy) is 1. The summed E-state index contributed by atoms with van der Waals surface area (Å²) >= 11 is 5.75. The fourth-order valence-electron chi connectivity index (χ4n) is 2.11. The van der Waals surface area contributed by atoms with Gasteiger partial charge in [0.05, 0.1) is 23.3 Å². The van der Waals surface area contributed by atoms with Gasteiger partial charge < -0.3 is 15.2 Å². The first-order chi connectivity index (χ1) is 10.6. The lowest BCUT2D eigenvalue weighted by Gasteiger charge is -2.10. The number of aromatic hydroxyl groups is 1. The second-order valence-corrected chi connectivity index (χ2v) is 5.05. The van der Waals surface area contributed by atoms with Gasteiger partial charge in [0.15, 0.2) is 17.3 Å². The Balaban J connectivity index is 2.01. The summed E-state index contributed by atoms with van der Waals surface area (Å²) in [5.74, 6) is 0.292. The van der Waals surface area contributed by atoms with E-state index in [1.54, 1.807) is 36.4 Å². The first-order valence-corrected chi connectivity index (χ1v) is 6.85. The highest BCUT2D eigenvalue weighted by Gasteiger charge is 2.09. The van der Waals surface area contributed by atoms with Crippen LogP contribution in [-0.4, -0.2) is 17.2 Å². The quantitative estimate of drug-likeness (QED) is 0.747. The molecule has 0 atom stereocenters. The van der Waals surface area contributed by atoms with Crippen LogP contribution in [0.1, 0.15) is 0 Å². The number of rotatable bonds is 3. The monoisotopic (exact) mass is 318 g/mol. The maximum atomic E-state index is 13.9. The van der Waals surface area contributed by atoms with E-state index in [4.69, 9.17) is 16.3 Å². The van der Waals surface area contributed by atoms with Crippen LogP contribution < -0.4 is 10.1 Å². The standard InChI is InChI=1S/C16H12ClFN2O2/c1-22-14-8-12-9(7-13(14)21)5-6-15(20-12)19-11-4-2-3-10(17)16(11)18/h2-8,21H,1H3,(H,19,20). The molecule has 0 saturated heterocycles. The van der Waals surface area contributed by atoms with Gasteiger partial charge in [-0.15, -0.1) is 0 Å². The third-order valence-electron chi connectivity index (χ3n) is 3.20. The predicted molar refractivity (Wildman–Crippen MR) is 84.7 cm³/mol. The van der Waals surface area contributed by atoms with Crippen LogP contribution >= 0.6 is 11.6 Å². The molecular weight excluding hydrogens is 307 g/mol. The second kappa shape index (κ2) is 5.69. The van der Waals surface area contributed by atoms with E-state index in [0.717, 1.165) is 5.39 Å². The lowest BCUT2D eigenvalue weighted by atomic mass is 10.2. The minimum atomic E-state index is -0.533. The summed E-state index contributed by atoms with van der Waals surface area (Å²) in [4.78, 5) is 4.38. The minimum absolute atomic E-state index is 0.0392. The first kappa shape index (κ1) is 14.4. The van der Waals surface area contributed by atoms with Gasteiger partial charge in [0.2, 0.25) is 0 Å². The molecule has 3 rings (SSSR count). The number of hydrogen-bond acceptors (Lipinski definition) is 4. The number of aromatic nitrogens is 1. The minimum Gasteiger partial charge on any atom is -0.504 e. The van der Waals surface area contributed by atoms with Gasteiger partial charge in [0.1, 0.15) is 5.82 Å². The van der Waals surface area contributed by atoms with Crippen molar-refractivity contribution >= 4 is 34.0 Å². The van der Waals surface area contributed by atoms with Crippen LogP contribution in [0.25, 0.3) is 10.9 Å². The van der Waals surface area contributed by atoms with E-state index in [1.165, 1.54) is 13.2 Å². The topological polar surface area (TPSA) is 54.4 Å². The normalized spacial score (nSPS) is 10.7. The number of phenols is 1. The number of pyridine rings is 1. The zero-order valence-electron chi connectivity index (χ0n) is 11.6. The molecule has 0 aliphatic heterocycles. The molecular formula is C16H12ClFN2O2. The Labute approximate surface area is 131 Å². The van der Waals surface area contributed by atoms with Crippen molar-refractivity contribution in [1.29, 1.82) is 0 Å². The van der Waals surface area contributed by atoms with Crippen molar-refractivity contribution in [3.8, 4) is 11.5 Å². The summed E-state index contributed by atoms with van der Waals surface area (Å²) in [6, 6.07) is 11.3. The van der Waals surface area contributed by atoms with Crippen LogP contribution in [0, 0.1) is 5.82 Å². The fraction of sp³-hybridized carbons (Fsp3) is 0.0625. The van der Waals surface area contributed by atoms with Gasteiger partial charge in [0.25, 0.3) is 0 Å². The molecule has 0 saturated carbocycles. The average molecular weight is 319 g/mol. The summed E-state index contributed by atoms with van der Waals surface area (Å²) in [7, 11) is 1.46. The number of anilines is 2. The van der Waals surface area contributed by atoms with E-state index in [0.29, 0.717) is 17.1 Å². The number of halogens is 2. The summed E-state index contributed by atoms with van der Waals surface area (Å²) in [5.41, 5.74) is 0.854. The Morgan fingerprint density at radius 2 is 2.05 bits per heavy atom. The fourth-order valence-corrected chi connectivity index (χ4v) is 2.29. The van der Waals surface area contributed by atoms with Crippen molar-refractivity contribution in [1.82, 2.24) is 4.98 Å². The van der Waals surface area contributed by atoms with Gasteiger partial charge in [-0.1, -0.05) is 17.7 Å². The maximum absolute atomic E-state index is 13.9. The second-order valence-electron chi connectivity index (χ2n) is 4.64. The van der Waals surface area contributed by atoms with Crippen molar-refractivity contribution in [3.63, 3.8) is 0 Å². The number of hydrogen-bond donors (Lipinski definition) is 2. The van der Waals surface area contributed by atoms with Crippen LogP contribution in [0.15, 0.2) is 42.5 Å². The van der Waals surface area contributed by atoms with Crippen LogP contribution in [0.4, 0.5) is 15.9 Å². The number of nitrogens with one attached hydrogen (secondary N) is 1. The van der Waals surface area contributed by atoms with E-state index in [-0.39, 0.29) is 16.5 Å². The number of fused-ring (bicyclic) bond motifs is 1. The van der Waals surface area contributed by atoms with Crippen LogP contribution in [0.3, 0.4) is 0 Å². The molecule has 0 aliphatic carbocycles. The average Bonchev–Trinajstić information content (AvgIpc) is 2.51. The van der Waals surface area contributed by atoms with Crippen molar-refractivity contribution in [2.75, 3.05) is 12.4 Å². The molecule has 4 nitrogen and oxygen atoms in total. The lowest BCUT2D eigenvalue weighted by molar-refractivity contribution is 0.374. The molecule has 6 heteroatoms. The van der Waals surface area contributed by atoms with Crippen LogP contribution in [0.2, 0.25) is 5.02 Å². The van der Waals surface area contributed by atoms with E-state index >= 15 is 0 Å². The summed E-state index contributed by atoms with van der Waals surface area (Å²) in [6.07, 6.45) is 0. The number of phenolic OH excluding ortho intramolecular Hbond substituents is 1. The van der Waals surface area contributed by atoms with Gasteiger partial charge in [-0.25, -0.2) is 9.37 Å². The molecule has 0 bridgehead atoms. The number of methoxy groups -OCH3 is 1. The predicted octanol–water partition coefficient (Wildman–Crippen LogP) is 4.49. The van der Waals surface area contributed by atoms with Crippen molar-refractivity contribution in [3.05, 3.63) is 53.3 Å². The van der Waals surface area contributed by atoms with Gasteiger partial charge in [-0.05, 0) is 30.3 Å². The smallest absolute Gasteiger partial charge is 0.165 e. The third kappa shape index (κ3) is 2.63. The van der Waals surface area contributed by atoms with E-state index < -0.39 is 5.82 Å². The zero-order valence-corrected chi connectivity index (χ0v) is 12.4. The molecule has 0 aliphatic rings. The highest BCUT2D eigenvalue weighted by Crippen LogP contribution is 2.31. The molecule has 22 heavy (non-hydrogen) atoms. The zero-order chi connectivity index (χ0) is 15.7. The Bertz CT molecular complexity index is 855. The van der Waals surface area contributed by atoms with Gasteiger partial charge in [-0.3, -0.25) is 0 Å². The van der Waals surface area contributed by atoms with E-state index in [1.807, 2.05) is 0 Å². The maximum Gasteiger partial charge on any atom is 0.165 e. The van der Waals surface area contributed by atoms with Crippen molar-refractivity contribution in [2.45, 2.75) is 0 Å². The number of nitrogens with zero attached hydrogens (tertiary/aromatic N) is 1. The van der Waals surface area contributed by atoms with E-state index in [2.05, 4.69) is 10.3 Å². The highest BCUT2D eigenvalue weighted by atomic mass is 35.5. The first-order valence-electron chi connectivity index (χ1n) is 6.47. The van der Waals surface area contributed by atoms with Crippen molar-refractivity contribution in [2.24, 2.45) is 0 Å². The molecule has 0 radical (unpaired) electrons. The number of benzene rings is 2. The summed E-state index contributed by atoms with van der Waals surface area (Å²) in [5, 5.41) is 13.4. The Morgan fingerprint density at radius 1 is 1.23 bits per heavy atom. The lowest BCUT2D eigenvalue weighted by Crippen LogP contribution is -1.97. The summed E-state index contributed by atoms with van der Waals surface area (Å²) in [6.45, 7) is 0. The van der Waals surface area contributed by atoms with Gasteiger partial charge in [-0.2, -0.15) is 0 Å². The third-order valence-corrected chi connectivity index (χ3v) is 3.50. The van der Waals surface area contributed by atoms with Crippen LogP contribution in [0.5, 0.6) is 11.5 Å². The molecule has 0 spiro atoms. The van der Waals surface area contributed by atoms with Crippen LogP contribution in [-0.2, 0) is 0 Å². The molecule has 112 valence electrons. The molecule has 0 fully saturated rings. The summed E-state index contributed by atoms with van der Waals surface area (Å²) < 4.78 is 19.0. The molecule has 2 N–H and O–H groups in total. The molecule has 0 unspecified atom stereocenters. The van der Waals surface area contributed by atoms with E-state index in [9.17, 15) is 9.50 Å². The molecule has 3 aromatic rings. The molecule has 0 amide bonds. The Hall–Kier alpha value is -2.53. The largest absolute Gasteiger partial charge is 0.504 e. The van der Waals surface area contributed by atoms with Gasteiger partial charge >= 0.3 is 0 Å². The Morgan fingerprint density at radius 3 is 2.82 bits per heavy atom. The Kier molecular flexibility index (Phi) is 3.73. The molecule has 2 aromatic carbocycles. The molecule has 1 aromatic heterocycles. The van der Waals surface area contributed by atoms with Crippen molar-refractivity contribution < 1.29 is 14.2 Å². The van der Waals surface area contributed by atoms with Gasteiger partial charge in [0, 0.05) is 11.5 Å².